The number of amides is 1. The third kappa shape index (κ3) is 5.46. The van der Waals surface area contributed by atoms with E-state index in [-0.39, 0.29) is 43.8 Å². The number of hydrogen-bond donors (Lipinski definition) is 1. The second kappa shape index (κ2) is 8.62. The molecule has 0 atom stereocenters. The van der Waals surface area contributed by atoms with Crippen molar-refractivity contribution in [2.24, 2.45) is 0 Å². The highest BCUT2D eigenvalue weighted by Crippen LogP contribution is 2.42. The average molecular weight is 404 g/mol. The number of nitrogens with zero attached hydrogens (tertiary/aromatic N) is 1. The fourth-order valence-corrected chi connectivity index (χ4v) is 3.70. The molecule has 0 aliphatic heterocycles. The van der Waals surface area contributed by atoms with Gasteiger partial charge in [-0.05, 0) is 36.8 Å². The first-order valence-corrected chi connectivity index (χ1v) is 10.3. The normalized spacial score (nSPS) is 17.9. The first-order valence-electron chi connectivity index (χ1n) is 8.89. The summed E-state index contributed by atoms with van der Waals surface area (Å²) in [4.78, 5) is 12.8. The van der Waals surface area contributed by atoms with E-state index in [1.54, 1.807) is 18.2 Å². The van der Waals surface area contributed by atoms with E-state index in [1.165, 1.54) is 14.1 Å². The van der Waals surface area contributed by atoms with E-state index < -0.39 is 22.0 Å². The number of carbonyl (C=O) groups is 1. The number of nitrogens with one attached hydrogen (secondary N) is 1. The summed E-state index contributed by atoms with van der Waals surface area (Å²) < 4.78 is 59.5. The van der Waals surface area contributed by atoms with Gasteiger partial charge in [0.1, 0.15) is 0 Å². The van der Waals surface area contributed by atoms with Crippen molar-refractivity contribution in [1.82, 2.24) is 9.03 Å². The number of rotatable bonds is 7. The van der Waals surface area contributed by atoms with Gasteiger partial charge in [0.25, 0.3) is 5.91 Å². The minimum atomic E-state index is -3.98. The van der Waals surface area contributed by atoms with Crippen LogP contribution in [0.15, 0.2) is 18.2 Å². The maximum atomic E-state index is 13.5. The molecule has 2 rings (SSSR count). The van der Waals surface area contributed by atoms with Gasteiger partial charge in [0.2, 0.25) is 5.92 Å². The van der Waals surface area contributed by atoms with Crippen LogP contribution in [0.5, 0.6) is 0 Å². The molecule has 152 valence electrons. The average Bonchev–Trinajstić information content (AvgIpc) is 2.59. The van der Waals surface area contributed by atoms with Crippen LogP contribution in [0.4, 0.5) is 8.78 Å². The van der Waals surface area contributed by atoms with E-state index in [0.29, 0.717) is 17.7 Å². The summed E-state index contributed by atoms with van der Waals surface area (Å²) in [6.45, 7) is 2.37. The van der Waals surface area contributed by atoms with Gasteiger partial charge < -0.3 is 4.74 Å². The summed E-state index contributed by atoms with van der Waals surface area (Å²) >= 11 is 0. The number of carbonyl (C=O) groups excluding carboxylic acids is 1. The number of ether oxygens (including phenoxy) is 1. The minimum Gasteiger partial charge on any atom is -0.377 e. The Morgan fingerprint density at radius 1 is 1.30 bits per heavy atom. The van der Waals surface area contributed by atoms with E-state index in [9.17, 15) is 22.0 Å². The van der Waals surface area contributed by atoms with Gasteiger partial charge in [-0.2, -0.15) is 12.7 Å². The summed E-state index contributed by atoms with van der Waals surface area (Å²) in [5.41, 5.74) is 1.33. The second-order valence-electron chi connectivity index (χ2n) is 6.87. The summed E-state index contributed by atoms with van der Waals surface area (Å²) in [6.07, 6.45) is -0.00752. The molecule has 0 unspecified atom stereocenters. The minimum absolute atomic E-state index is 0.137. The van der Waals surface area contributed by atoms with Gasteiger partial charge in [0.15, 0.2) is 0 Å². The zero-order chi connectivity index (χ0) is 20.2. The van der Waals surface area contributed by atoms with Crippen molar-refractivity contribution in [3.63, 3.8) is 0 Å². The highest BCUT2D eigenvalue weighted by Gasteiger charge is 2.37. The van der Waals surface area contributed by atoms with Gasteiger partial charge in [0, 0.05) is 39.1 Å². The molecule has 1 aliphatic rings. The molecule has 1 aromatic rings. The highest BCUT2D eigenvalue weighted by molar-refractivity contribution is 7.87. The van der Waals surface area contributed by atoms with Crippen molar-refractivity contribution in [2.45, 2.75) is 51.1 Å². The van der Waals surface area contributed by atoms with E-state index in [0.717, 1.165) is 4.31 Å². The van der Waals surface area contributed by atoms with Gasteiger partial charge in [-0.15, -0.1) is 0 Å². The predicted molar refractivity (Wildman–Crippen MR) is 98.0 cm³/mol. The maximum absolute atomic E-state index is 13.5. The lowest BCUT2D eigenvalue weighted by Crippen LogP contribution is -2.40. The number of hydrogen-bond acceptors (Lipinski definition) is 4. The van der Waals surface area contributed by atoms with Gasteiger partial charge in [-0.1, -0.05) is 18.2 Å². The fraction of sp³-hybridized carbons (Fsp3) is 0.611. The van der Waals surface area contributed by atoms with Gasteiger partial charge >= 0.3 is 10.2 Å². The number of halogens is 2. The molecule has 0 bridgehead atoms. The van der Waals surface area contributed by atoms with Gasteiger partial charge in [0.05, 0.1) is 6.61 Å². The van der Waals surface area contributed by atoms with Crippen LogP contribution in [0.3, 0.4) is 0 Å². The molecule has 1 N–H and O–H groups in total. The molecule has 0 saturated heterocycles. The van der Waals surface area contributed by atoms with Crippen LogP contribution < -0.4 is 4.72 Å². The van der Waals surface area contributed by atoms with Crippen LogP contribution in [0.1, 0.15) is 60.0 Å². The topological polar surface area (TPSA) is 75.7 Å². The van der Waals surface area contributed by atoms with Crippen LogP contribution in [0.2, 0.25) is 0 Å². The predicted octanol–water partition coefficient (Wildman–Crippen LogP) is 3.05. The Kier molecular flexibility index (Phi) is 6.93. The van der Waals surface area contributed by atoms with Crippen molar-refractivity contribution < 1.29 is 26.7 Å². The Bertz CT molecular complexity index is 772. The molecule has 1 aromatic carbocycles. The third-order valence-corrected chi connectivity index (χ3v) is 6.14. The number of alkyl halides is 2. The molecular formula is C18H26F2N2O4S. The Balaban J connectivity index is 2.40. The smallest absolute Gasteiger partial charge is 0.303 e. The van der Waals surface area contributed by atoms with Gasteiger partial charge in [-0.3, -0.25) is 4.79 Å². The lowest BCUT2D eigenvalue weighted by atomic mass is 9.79. The molecule has 1 aliphatic carbocycles. The molecular weight excluding hydrogens is 378 g/mol. The summed E-state index contributed by atoms with van der Waals surface area (Å²) in [6, 6.07) is 5.14. The first kappa shape index (κ1) is 21.7. The summed E-state index contributed by atoms with van der Waals surface area (Å²) in [7, 11) is -1.35. The lowest BCUT2D eigenvalue weighted by Gasteiger charge is -2.30. The number of benzene rings is 1. The van der Waals surface area contributed by atoms with Gasteiger partial charge in [-0.25, -0.2) is 13.5 Å². The first-order chi connectivity index (χ1) is 12.6. The van der Waals surface area contributed by atoms with Crippen molar-refractivity contribution in [3.8, 4) is 0 Å². The molecule has 0 spiro atoms. The van der Waals surface area contributed by atoms with E-state index in [2.05, 4.69) is 0 Å². The molecule has 1 saturated carbocycles. The van der Waals surface area contributed by atoms with E-state index in [4.69, 9.17) is 4.74 Å². The maximum Gasteiger partial charge on any atom is 0.303 e. The molecule has 0 radical (unpaired) electrons. The Morgan fingerprint density at radius 2 is 1.93 bits per heavy atom. The summed E-state index contributed by atoms with van der Waals surface area (Å²) in [5, 5.41) is 0. The van der Waals surface area contributed by atoms with Crippen molar-refractivity contribution >= 4 is 16.1 Å². The zero-order valence-electron chi connectivity index (χ0n) is 15.8. The molecule has 1 fully saturated rings. The lowest BCUT2D eigenvalue weighted by molar-refractivity contribution is -0.0382. The Labute approximate surface area is 159 Å². The van der Waals surface area contributed by atoms with Crippen LogP contribution in [-0.2, 0) is 21.6 Å². The molecule has 1 amide bonds. The quantitative estimate of drug-likeness (QED) is 0.758. The van der Waals surface area contributed by atoms with Crippen molar-refractivity contribution in [2.75, 3.05) is 20.7 Å². The fourth-order valence-electron chi connectivity index (χ4n) is 3.18. The summed E-state index contributed by atoms with van der Waals surface area (Å²) in [5.74, 6) is -3.68. The SMILES string of the molecule is CCOCc1cccc(C2CCC(F)(F)CC2)c1C(=O)NS(=O)(=O)N(C)C. The van der Waals surface area contributed by atoms with Crippen LogP contribution in [0.25, 0.3) is 0 Å². The highest BCUT2D eigenvalue weighted by atomic mass is 32.2. The molecule has 9 heteroatoms. The Morgan fingerprint density at radius 3 is 2.48 bits per heavy atom. The molecule has 27 heavy (non-hydrogen) atoms. The Hall–Kier alpha value is -1.58. The van der Waals surface area contributed by atoms with Crippen molar-refractivity contribution in [1.29, 1.82) is 0 Å². The standard InChI is InChI=1S/C18H26F2N2O4S/c1-4-26-12-14-6-5-7-15(13-8-10-18(19,20)11-9-13)16(14)17(23)21-27(24,25)22(2)3/h5-7,13H,4,8-12H2,1-3H3,(H,21,23). The molecule has 6 nitrogen and oxygen atoms in total. The van der Waals surface area contributed by atoms with E-state index >= 15 is 0 Å². The van der Waals surface area contributed by atoms with Crippen LogP contribution in [0, 0.1) is 0 Å². The third-order valence-electron chi connectivity index (χ3n) is 4.73. The zero-order valence-corrected chi connectivity index (χ0v) is 16.6. The van der Waals surface area contributed by atoms with E-state index in [1.807, 2.05) is 11.6 Å². The van der Waals surface area contributed by atoms with Crippen LogP contribution in [-0.4, -0.2) is 45.3 Å². The largest absolute Gasteiger partial charge is 0.377 e. The molecule has 0 aromatic heterocycles. The van der Waals surface area contributed by atoms with Crippen LogP contribution >= 0.6 is 0 Å². The van der Waals surface area contributed by atoms with Crippen molar-refractivity contribution in [3.05, 3.63) is 34.9 Å². The monoisotopic (exact) mass is 404 g/mol. The molecule has 0 heterocycles. The second-order valence-corrected chi connectivity index (χ2v) is 8.75.